The standard InChI is InChI=1S/C18H20BF3O/c1-11-2-6-14(7-3-11)23-16-9-4-12-10-13(19)5-8-15(12)17(16)18(20,21)22/h4-5,8-11,14H,2-3,6-7,19H2,1H3/t11-,14+. The van der Waals surface area contributed by atoms with Crippen LogP contribution < -0.4 is 10.2 Å². The maximum Gasteiger partial charge on any atom is 0.420 e. The molecular weight excluding hydrogens is 300 g/mol. The minimum atomic E-state index is -4.42. The maximum absolute atomic E-state index is 13.6. The highest BCUT2D eigenvalue weighted by atomic mass is 19.4. The molecule has 0 amide bonds. The zero-order valence-electron chi connectivity index (χ0n) is 13.4. The van der Waals surface area contributed by atoms with E-state index in [1.165, 1.54) is 6.07 Å². The van der Waals surface area contributed by atoms with Gasteiger partial charge in [0.15, 0.2) is 0 Å². The lowest BCUT2D eigenvalue weighted by molar-refractivity contribution is -0.138. The normalized spacial score (nSPS) is 22.3. The number of fused-ring (bicyclic) bond motifs is 1. The molecule has 0 radical (unpaired) electrons. The van der Waals surface area contributed by atoms with Crippen molar-refractivity contribution in [3.63, 3.8) is 0 Å². The van der Waals surface area contributed by atoms with Crippen LogP contribution in [-0.4, -0.2) is 14.0 Å². The second kappa shape index (κ2) is 6.10. The second-order valence-corrected chi connectivity index (χ2v) is 6.66. The van der Waals surface area contributed by atoms with Crippen LogP contribution in [0.5, 0.6) is 5.75 Å². The molecule has 0 N–H and O–H groups in total. The van der Waals surface area contributed by atoms with Gasteiger partial charge in [0.25, 0.3) is 0 Å². The van der Waals surface area contributed by atoms with E-state index in [4.69, 9.17) is 4.74 Å². The Hall–Kier alpha value is -1.65. The predicted molar refractivity (Wildman–Crippen MR) is 89.2 cm³/mol. The van der Waals surface area contributed by atoms with Gasteiger partial charge in [-0.25, -0.2) is 0 Å². The van der Waals surface area contributed by atoms with Crippen molar-refractivity contribution >= 4 is 24.1 Å². The van der Waals surface area contributed by atoms with Crippen LogP contribution >= 0.6 is 0 Å². The number of benzene rings is 2. The zero-order valence-corrected chi connectivity index (χ0v) is 13.4. The van der Waals surface area contributed by atoms with Gasteiger partial charge < -0.3 is 4.74 Å². The Balaban J connectivity index is 2.01. The van der Waals surface area contributed by atoms with E-state index >= 15 is 0 Å². The quantitative estimate of drug-likeness (QED) is 0.758. The van der Waals surface area contributed by atoms with Crippen molar-refractivity contribution in [2.75, 3.05) is 0 Å². The smallest absolute Gasteiger partial charge is 0.420 e. The third kappa shape index (κ3) is 3.49. The number of ether oxygens (including phenoxy) is 1. The van der Waals surface area contributed by atoms with E-state index in [2.05, 4.69) is 6.92 Å². The van der Waals surface area contributed by atoms with Gasteiger partial charge in [-0.05, 0) is 48.4 Å². The highest BCUT2D eigenvalue weighted by molar-refractivity contribution is 6.33. The summed E-state index contributed by atoms with van der Waals surface area (Å²) in [5.41, 5.74) is 0.300. The average Bonchev–Trinajstić information content (AvgIpc) is 2.48. The molecule has 2 aromatic carbocycles. The number of halogens is 3. The lowest BCUT2D eigenvalue weighted by Crippen LogP contribution is -2.24. The largest absolute Gasteiger partial charge is 0.490 e. The van der Waals surface area contributed by atoms with Crippen molar-refractivity contribution in [1.29, 1.82) is 0 Å². The Bertz CT molecular complexity index is 703. The van der Waals surface area contributed by atoms with E-state index in [-0.39, 0.29) is 17.2 Å². The van der Waals surface area contributed by atoms with Crippen LogP contribution in [0.3, 0.4) is 0 Å². The fraction of sp³-hybridized carbons (Fsp3) is 0.444. The first-order chi connectivity index (χ1) is 10.8. The van der Waals surface area contributed by atoms with Crippen molar-refractivity contribution in [3.8, 4) is 5.75 Å². The fourth-order valence-corrected chi connectivity index (χ4v) is 3.35. The third-order valence-electron chi connectivity index (χ3n) is 4.68. The van der Waals surface area contributed by atoms with Crippen molar-refractivity contribution in [1.82, 2.24) is 0 Å². The molecular formula is C18H20BF3O. The Labute approximate surface area is 135 Å². The molecule has 0 bridgehead atoms. The molecule has 1 aliphatic carbocycles. The molecule has 0 unspecified atom stereocenters. The number of alkyl halides is 3. The molecule has 0 saturated heterocycles. The summed E-state index contributed by atoms with van der Waals surface area (Å²) in [6, 6.07) is 8.23. The molecule has 0 spiro atoms. The van der Waals surface area contributed by atoms with Crippen molar-refractivity contribution < 1.29 is 17.9 Å². The molecule has 1 fully saturated rings. The summed E-state index contributed by atoms with van der Waals surface area (Å²) >= 11 is 0. The Kier molecular flexibility index (Phi) is 4.30. The van der Waals surface area contributed by atoms with E-state index < -0.39 is 11.7 Å². The first-order valence-corrected chi connectivity index (χ1v) is 8.12. The molecule has 1 aliphatic rings. The molecule has 0 aliphatic heterocycles. The van der Waals surface area contributed by atoms with E-state index in [1.807, 2.05) is 7.85 Å². The number of hydrogen-bond donors (Lipinski definition) is 0. The summed E-state index contributed by atoms with van der Waals surface area (Å²) in [4.78, 5) is 0. The van der Waals surface area contributed by atoms with Gasteiger partial charge in [0, 0.05) is 0 Å². The lowest BCUT2D eigenvalue weighted by atomic mass is 9.88. The van der Waals surface area contributed by atoms with Crippen LogP contribution in [0.1, 0.15) is 38.2 Å². The molecule has 3 rings (SSSR count). The summed E-state index contributed by atoms with van der Waals surface area (Å²) < 4.78 is 46.6. The molecule has 122 valence electrons. The first kappa shape index (κ1) is 16.2. The van der Waals surface area contributed by atoms with Crippen LogP contribution in [0.4, 0.5) is 13.2 Å². The van der Waals surface area contributed by atoms with Crippen LogP contribution in [0.2, 0.25) is 0 Å². The van der Waals surface area contributed by atoms with Crippen molar-refractivity contribution in [2.24, 2.45) is 5.92 Å². The van der Waals surface area contributed by atoms with Gasteiger partial charge in [-0.3, -0.25) is 0 Å². The second-order valence-electron chi connectivity index (χ2n) is 6.66. The fourth-order valence-electron chi connectivity index (χ4n) is 3.35. The summed E-state index contributed by atoms with van der Waals surface area (Å²) in [6.45, 7) is 2.18. The number of hydrogen-bond acceptors (Lipinski definition) is 1. The molecule has 2 aromatic rings. The molecule has 5 heteroatoms. The average molecular weight is 320 g/mol. The molecule has 0 atom stereocenters. The SMILES string of the molecule is Bc1ccc2c(C(F)(F)F)c(O[C@H]3CC[C@@H](C)CC3)ccc2c1. The van der Waals surface area contributed by atoms with E-state index in [1.54, 1.807) is 24.3 Å². The van der Waals surface area contributed by atoms with Gasteiger partial charge in [-0.2, -0.15) is 13.2 Å². The van der Waals surface area contributed by atoms with E-state index in [0.29, 0.717) is 11.3 Å². The van der Waals surface area contributed by atoms with Crippen LogP contribution in [0.15, 0.2) is 30.3 Å². The Morgan fingerprint density at radius 1 is 1.04 bits per heavy atom. The minimum Gasteiger partial charge on any atom is -0.490 e. The predicted octanol–water partition coefficient (Wildman–Crippen LogP) is 4.07. The van der Waals surface area contributed by atoms with Crippen LogP contribution in [-0.2, 0) is 6.18 Å². The highest BCUT2D eigenvalue weighted by Crippen LogP contribution is 2.42. The van der Waals surface area contributed by atoms with E-state index in [9.17, 15) is 13.2 Å². The third-order valence-corrected chi connectivity index (χ3v) is 4.68. The molecule has 1 saturated carbocycles. The Morgan fingerprint density at radius 3 is 2.39 bits per heavy atom. The minimum absolute atomic E-state index is 0.0339. The monoisotopic (exact) mass is 320 g/mol. The summed E-state index contributed by atoms with van der Waals surface area (Å²) in [5.74, 6) is 0.602. The summed E-state index contributed by atoms with van der Waals surface area (Å²) in [6.07, 6.45) is -0.867. The van der Waals surface area contributed by atoms with Gasteiger partial charge in [-0.15, -0.1) is 0 Å². The molecule has 23 heavy (non-hydrogen) atoms. The summed E-state index contributed by atoms with van der Waals surface area (Å²) in [7, 11) is 1.88. The van der Waals surface area contributed by atoms with Crippen LogP contribution in [0, 0.1) is 5.92 Å². The van der Waals surface area contributed by atoms with Crippen molar-refractivity contribution in [2.45, 2.75) is 44.9 Å². The van der Waals surface area contributed by atoms with Gasteiger partial charge in [-0.1, -0.05) is 36.7 Å². The molecule has 0 aromatic heterocycles. The Morgan fingerprint density at radius 2 is 1.74 bits per heavy atom. The molecule has 1 nitrogen and oxygen atoms in total. The highest BCUT2D eigenvalue weighted by Gasteiger charge is 2.37. The van der Waals surface area contributed by atoms with Crippen LogP contribution in [0.25, 0.3) is 10.8 Å². The van der Waals surface area contributed by atoms with Gasteiger partial charge in [0.1, 0.15) is 19.2 Å². The summed E-state index contributed by atoms with van der Waals surface area (Å²) in [5, 5.41) is 0.812. The maximum atomic E-state index is 13.6. The van der Waals surface area contributed by atoms with Gasteiger partial charge >= 0.3 is 6.18 Å². The van der Waals surface area contributed by atoms with Gasteiger partial charge in [0.05, 0.1) is 6.10 Å². The van der Waals surface area contributed by atoms with Gasteiger partial charge in [0.2, 0.25) is 0 Å². The van der Waals surface area contributed by atoms with E-state index in [0.717, 1.165) is 31.1 Å². The zero-order chi connectivity index (χ0) is 16.6. The first-order valence-electron chi connectivity index (χ1n) is 8.12. The van der Waals surface area contributed by atoms with Crippen molar-refractivity contribution in [3.05, 3.63) is 35.9 Å². The molecule has 0 heterocycles. The number of rotatable bonds is 2. The topological polar surface area (TPSA) is 9.23 Å². The lowest BCUT2D eigenvalue weighted by Gasteiger charge is -2.28.